The lowest BCUT2D eigenvalue weighted by atomic mass is 9.96. The first kappa shape index (κ1) is 17.1. The molecule has 4 rings (SSSR count). The third kappa shape index (κ3) is 4.07. The van der Waals surface area contributed by atoms with E-state index in [4.69, 9.17) is 4.74 Å². The third-order valence-corrected chi connectivity index (χ3v) is 5.21. The van der Waals surface area contributed by atoms with Gasteiger partial charge in [-0.15, -0.1) is 0 Å². The molecular weight excluding hydrogens is 328 g/mol. The molecule has 2 heterocycles. The summed E-state index contributed by atoms with van der Waals surface area (Å²) in [5.41, 5.74) is 2.07. The van der Waals surface area contributed by atoms with Crippen LogP contribution in [0.4, 0.5) is 4.79 Å². The van der Waals surface area contributed by atoms with Crippen molar-refractivity contribution < 1.29 is 9.53 Å². The van der Waals surface area contributed by atoms with Crippen LogP contribution < -0.4 is 10.6 Å². The largest absolute Gasteiger partial charge is 0.367 e. The lowest BCUT2D eigenvalue weighted by Gasteiger charge is -2.26. The van der Waals surface area contributed by atoms with Gasteiger partial charge in [0.05, 0.1) is 18.3 Å². The monoisotopic (exact) mass is 354 g/mol. The van der Waals surface area contributed by atoms with Gasteiger partial charge in [-0.25, -0.2) is 9.78 Å². The van der Waals surface area contributed by atoms with Gasteiger partial charge in [-0.05, 0) is 12.8 Å². The minimum atomic E-state index is -0.0816. The zero-order valence-corrected chi connectivity index (χ0v) is 15.0. The second-order valence-corrected chi connectivity index (χ2v) is 7.18. The summed E-state index contributed by atoms with van der Waals surface area (Å²) in [7, 11) is 0. The van der Waals surface area contributed by atoms with Crippen LogP contribution in [0.25, 0.3) is 11.3 Å². The number of rotatable bonds is 4. The Kier molecular flexibility index (Phi) is 5.20. The molecule has 1 fully saturated rings. The number of amides is 2. The number of nitrogens with zero attached hydrogens (tertiary/aromatic N) is 2. The van der Waals surface area contributed by atoms with Gasteiger partial charge in [0, 0.05) is 24.3 Å². The van der Waals surface area contributed by atoms with E-state index in [-0.39, 0.29) is 12.1 Å². The smallest absolute Gasteiger partial charge is 0.315 e. The van der Waals surface area contributed by atoms with Crippen molar-refractivity contribution in [1.29, 1.82) is 0 Å². The summed E-state index contributed by atoms with van der Waals surface area (Å²) in [6, 6.07) is 10.4. The number of fused-ring (bicyclic) bond motifs is 1. The molecule has 6 heteroatoms. The van der Waals surface area contributed by atoms with Crippen molar-refractivity contribution >= 4 is 6.03 Å². The lowest BCUT2D eigenvalue weighted by molar-refractivity contribution is 0.00438. The SMILES string of the molecule is O=C(NC[C@H]1Cn2cc(-c3ccccc3)nc2CO1)NC1CCCCC1. The van der Waals surface area contributed by atoms with E-state index in [2.05, 4.69) is 38.5 Å². The van der Waals surface area contributed by atoms with Gasteiger partial charge in [0.25, 0.3) is 0 Å². The molecule has 2 aromatic rings. The summed E-state index contributed by atoms with van der Waals surface area (Å²) in [4.78, 5) is 16.8. The molecule has 1 aliphatic carbocycles. The quantitative estimate of drug-likeness (QED) is 0.887. The van der Waals surface area contributed by atoms with Crippen molar-refractivity contribution in [3.05, 3.63) is 42.4 Å². The summed E-state index contributed by atoms with van der Waals surface area (Å²) in [6.45, 7) is 1.69. The predicted octanol–water partition coefficient (Wildman–Crippen LogP) is 3.08. The minimum Gasteiger partial charge on any atom is -0.367 e. The van der Waals surface area contributed by atoms with Crippen molar-refractivity contribution in [2.24, 2.45) is 0 Å². The second kappa shape index (κ2) is 7.91. The first-order chi connectivity index (χ1) is 12.8. The molecule has 138 valence electrons. The first-order valence-corrected chi connectivity index (χ1v) is 9.55. The van der Waals surface area contributed by atoms with Crippen LogP contribution in [0.5, 0.6) is 0 Å². The Hall–Kier alpha value is -2.34. The molecule has 6 nitrogen and oxygen atoms in total. The highest BCUT2D eigenvalue weighted by Crippen LogP contribution is 2.22. The van der Waals surface area contributed by atoms with E-state index in [0.717, 1.165) is 29.9 Å². The highest BCUT2D eigenvalue weighted by Gasteiger charge is 2.22. The Bertz CT molecular complexity index is 738. The highest BCUT2D eigenvalue weighted by molar-refractivity contribution is 5.74. The topological polar surface area (TPSA) is 68.2 Å². The molecule has 0 bridgehead atoms. The minimum absolute atomic E-state index is 0.0302. The number of urea groups is 1. The van der Waals surface area contributed by atoms with Crippen molar-refractivity contribution in [2.75, 3.05) is 6.54 Å². The van der Waals surface area contributed by atoms with Crippen LogP contribution in [0.15, 0.2) is 36.5 Å². The van der Waals surface area contributed by atoms with Crippen molar-refractivity contribution in [3.63, 3.8) is 0 Å². The molecule has 1 aromatic carbocycles. The normalized spacial score (nSPS) is 20.4. The van der Waals surface area contributed by atoms with Crippen LogP contribution in [0.2, 0.25) is 0 Å². The van der Waals surface area contributed by atoms with Gasteiger partial charge in [0.1, 0.15) is 12.4 Å². The third-order valence-electron chi connectivity index (χ3n) is 5.21. The Labute approximate surface area is 154 Å². The van der Waals surface area contributed by atoms with Gasteiger partial charge < -0.3 is 19.9 Å². The van der Waals surface area contributed by atoms with Gasteiger partial charge >= 0.3 is 6.03 Å². The van der Waals surface area contributed by atoms with Crippen molar-refractivity contribution in [3.8, 4) is 11.3 Å². The predicted molar refractivity (Wildman–Crippen MR) is 99.6 cm³/mol. The summed E-state index contributed by atoms with van der Waals surface area (Å²) in [5.74, 6) is 0.937. The molecule has 0 radical (unpaired) electrons. The maximum Gasteiger partial charge on any atom is 0.315 e. The molecule has 2 aliphatic rings. The Morgan fingerprint density at radius 1 is 1.19 bits per heavy atom. The zero-order valence-electron chi connectivity index (χ0n) is 15.0. The molecule has 1 aromatic heterocycles. The average Bonchev–Trinajstić information content (AvgIpc) is 3.11. The number of ether oxygens (including phenoxy) is 1. The van der Waals surface area contributed by atoms with E-state index in [0.29, 0.717) is 25.7 Å². The molecule has 1 saturated carbocycles. The fourth-order valence-corrected chi connectivity index (χ4v) is 3.75. The zero-order chi connectivity index (χ0) is 17.8. The van der Waals surface area contributed by atoms with Crippen LogP contribution in [0, 0.1) is 0 Å². The summed E-state index contributed by atoms with van der Waals surface area (Å²) < 4.78 is 8.00. The standard InChI is InChI=1S/C20H26N4O2/c25-20(22-16-9-5-2-6-10-16)21-11-17-12-24-13-18(23-19(24)14-26-17)15-7-3-1-4-8-15/h1,3-4,7-8,13,16-17H,2,5-6,9-12,14H2,(H2,21,22,25)/t17-/m0/s1. The average molecular weight is 354 g/mol. The van der Waals surface area contributed by atoms with E-state index in [1.54, 1.807) is 0 Å². The number of imidazole rings is 1. The first-order valence-electron chi connectivity index (χ1n) is 9.55. The number of hydrogen-bond acceptors (Lipinski definition) is 3. The van der Waals surface area contributed by atoms with Crippen molar-refractivity contribution in [2.45, 2.75) is 57.4 Å². The summed E-state index contributed by atoms with van der Waals surface area (Å²) >= 11 is 0. The van der Waals surface area contributed by atoms with Crippen molar-refractivity contribution in [1.82, 2.24) is 20.2 Å². The second-order valence-electron chi connectivity index (χ2n) is 7.18. The molecule has 2 amide bonds. The summed E-state index contributed by atoms with van der Waals surface area (Å²) in [5, 5.41) is 6.04. The van der Waals surface area contributed by atoms with Gasteiger partial charge in [-0.2, -0.15) is 0 Å². The molecule has 1 aliphatic heterocycles. The van der Waals surface area contributed by atoms with Crippen LogP contribution in [0.3, 0.4) is 0 Å². The number of aromatic nitrogens is 2. The molecular formula is C20H26N4O2. The molecule has 0 spiro atoms. The highest BCUT2D eigenvalue weighted by atomic mass is 16.5. The van der Waals surface area contributed by atoms with E-state index >= 15 is 0 Å². The Morgan fingerprint density at radius 3 is 2.81 bits per heavy atom. The van der Waals surface area contributed by atoms with E-state index in [9.17, 15) is 4.79 Å². The van der Waals surface area contributed by atoms with Gasteiger partial charge in [-0.1, -0.05) is 49.6 Å². The van der Waals surface area contributed by atoms with Gasteiger partial charge in [0.15, 0.2) is 0 Å². The van der Waals surface area contributed by atoms with Gasteiger partial charge in [0.2, 0.25) is 0 Å². The molecule has 0 unspecified atom stereocenters. The molecule has 1 atom stereocenters. The van der Waals surface area contributed by atoms with E-state index in [1.807, 2.05) is 18.2 Å². The van der Waals surface area contributed by atoms with E-state index in [1.165, 1.54) is 19.3 Å². The van der Waals surface area contributed by atoms with Crippen LogP contribution >= 0.6 is 0 Å². The summed E-state index contributed by atoms with van der Waals surface area (Å²) in [6.07, 6.45) is 7.93. The maximum absolute atomic E-state index is 12.1. The molecule has 2 N–H and O–H groups in total. The number of hydrogen-bond donors (Lipinski definition) is 2. The van der Waals surface area contributed by atoms with Crippen LogP contribution in [0.1, 0.15) is 37.9 Å². The number of nitrogens with one attached hydrogen (secondary N) is 2. The fourth-order valence-electron chi connectivity index (χ4n) is 3.75. The molecule has 26 heavy (non-hydrogen) atoms. The van der Waals surface area contributed by atoms with Gasteiger partial charge in [-0.3, -0.25) is 0 Å². The van der Waals surface area contributed by atoms with E-state index < -0.39 is 0 Å². The molecule has 0 saturated heterocycles. The van der Waals surface area contributed by atoms with Crippen LogP contribution in [-0.2, 0) is 17.9 Å². The number of carbonyl (C=O) groups excluding carboxylic acids is 1. The number of benzene rings is 1. The maximum atomic E-state index is 12.1. The number of carbonyl (C=O) groups is 1. The van der Waals surface area contributed by atoms with Crippen LogP contribution in [-0.4, -0.2) is 34.3 Å². The Morgan fingerprint density at radius 2 is 2.00 bits per heavy atom. The Balaban J connectivity index is 1.29. The fraction of sp³-hybridized carbons (Fsp3) is 0.500. The lowest BCUT2D eigenvalue weighted by Crippen LogP contribution is -2.46.